The van der Waals surface area contributed by atoms with Gasteiger partial charge in [-0.25, -0.2) is 0 Å². The Morgan fingerprint density at radius 2 is 1.88 bits per heavy atom. The van der Waals surface area contributed by atoms with E-state index in [-0.39, 0.29) is 0 Å². The van der Waals surface area contributed by atoms with Crippen molar-refractivity contribution >= 4 is 17.3 Å². The summed E-state index contributed by atoms with van der Waals surface area (Å²) in [6, 6.07) is 15.4. The van der Waals surface area contributed by atoms with Crippen molar-refractivity contribution in [1.29, 1.82) is 0 Å². The maximum Gasteiger partial charge on any atom is 0.119 e. The van der Waals surface area contributed by atoms with E-state index in [0.717, 1.165) is 67.3 Å². The number of piperidine rings is 1. The number of hydrogen-bond donors (Lipinski definition) is 1. The molecule has 1 aliphatic rings. The number of ether oxygens (including phenoxy) is 1. The van der Waals surface area contributed by atoms with Gasteiger partial charge in [-0.2, -0.15) is 0 Å². The molecule has 136 valence electrons. The van der Waals surface area contributed by atoms with Crippen molar-refractivity contribution < 1.29 is 4.74 Å². The molecule has 0 spiro atoms. The molecule has 0 radical (unpaired) electrons. The highest BCUT2D eigenvalue weighted by molar-refractivity contribution is 6.30. The van der Waals surface area contributed by atoms with Crippen LogP contribution < -0.4 is 10.5 Å². The topological polar surface area (TPSA) is 38.5 Å². The molecule has 26 heavy (non-hydrogen) atoms. The number of nitrogens with zero attached hydrogens (tertiary/aromatic N) is 1. The predicted octanol–water partition coefficient (Wildman–Crippen LogP) is 4.60. The number of benzene rings is 2. The molecule has 2 aromatic carbocycles. The van der Waals surface area contributed by atoms with Gasteiger partial charge in [-0.05, 0) is 68.3 Å². The number of nitrogens with two attached hydrogens (primary N) is 1. The molecule has 3 nitrogen and oxygen atoms in total. The Kier molecular flexibility index (Phi) is 6.82. The molecule has 0 atom stereocenters. The van der Waals surface area contributed by atoms with Crippen LogP contribution in [0.1, 0.15) is 31.2 Å². The lowest BCUT2D eigenvalue weighted by Crippen LogP contribution is -2.38. The Labute approximate surface area is 161 Å². The molecule has 1 heterocycles. The Morgan fingerprint density at radius 1 is 1.12 bits per heavy atom. The van der Waals surface area contributed by atoms with E-state index in [1.54, 1.807) is 0 Å². The molecule has 2 N–H and O–H groups in total. The maximum absolute atomic E-state index is 6.04. The number of nitrogen functional groups attached to an aromatic ring is 1. The zero-order valence-corrected chi connectivity index (χ0v) is 15.7. The quantitative estimate of drug-likeness (QED) is 0.476. The first-order valence-corrected chi connectivity index (χ1v) is 9.56. The van der Waals surface area contributed by atoms with Crippen LogP contribution in [0.2, 0.25) is 5.02 Å². The van der Waals surface area contributed by atoms with Crippen LogP contribution in [0.5, 0.6) is 5.75 Å². The molecule has 1 saturated heterocycles. The highest BCUT2D eigenvalue weighted by atomic mass is 35.5. The van der Waals surface area contributed by atoms with E-state index in [9.17, 15) is 0 Å². The van der Waals surface area contributed by atoms with Crippen LogP contribution in [0.15, 0.2) is 48.5 Å². The SMILES string of the molecule is Nc1cccc(C#CCCCN2CCC(Oc3ccc(Cl)cc3)CC2)c1. The summed E-state index contributed by atoms with van der Waals surface area (Å²) >= 11 is 5.91. The Bertz CT molecular complexity index is 756. The number of anilines is 1. The Balaban J connectivity index is 1.33. The minimum absolute atomic E-state index is 0.302. The summed E-state index contributed by atoms with van der Waals surface area (Å²) < 4.78 is 6.04. The van der Waals surface area contributed by atoms with Gasteiger partial charge in [0.1, 0.15) is 11.9 Å². The van der Waals surface area contributed by atoms with Crippen molar-refractivity contribution in [3.63, 3.8) is 0 Å². The fourth-order valence-electron chi connectivity index (χ4n) is 3.13. The summed E-state index contributed by atoms with van der Waals surface area (Å²) in [5.41, 5.74) is 7.52. The van der Waals surface area contributed by atoms with E-state index in [0.29, 0.717) is 6.10 Å². The van der Waals surface area contributed by atoms with E-state index < -0.39 is 0 Å². The third-order valence-electron chi connectivity index (χ3n) is 4.55. The largest absolute Gasteiger partial charge is 0.490 e. The summed E-state index contributed by atoms with van der Waals surface area (Å²) in [7, 11) is 0. The van der Waals surface area contributed by atoms with Crippen molar-refractivity contribution in [2.24, 2.45) is 0 Å². The van der Waals surface area contributed by atoms with Crippen molar-refractivity contribution in [3.05, 3.63) is 59.1 Å². The van der Waals surface area contributed by atoms with Crippen LogP contribution in [0, 0.1) is 11.8 Å². The Morgan fingerprint density at radius 3 is 2.62 bits per heavy atom. The average Bonchev–Trinajstić information content (AvgIpc) is 2.65. The molecule has 4 heteroatoms. The molecule has 3 rings (SSSR count). The number of likely N-dealkylation sites (tertiary alicyclic amines) is 1. The third kappa shape index (κ3) is 5.98. The second-order valence-electron chi connectivity index (χ2n) is 6.64. The monoisotopic (exact) mass is 368 g/mol. The van der Waals surface area contributed by atoms with Gasteiger partial charge in [0.2, 0.25) is 0 Å². The molecule has 0 aromatic heterocycles. The van der Waals surface area contributed by atoms with Gasteiger partial charge < -0.3 is 15.4 Å². The van der Waals surface area contributed by atoms with Crippen molar-refractivity contribution in [3.8, 4) is 17.6 Å². The normalized spacial score (nSPS) is 15.3. The molecule has 0 saturated carbocycles. The molecule has 0 amide bonds. The van der Waals surface area contributed by atoms with Crippen LogP contribution in [-0.2, 0) is 0 Å². The van der Waals surface area contributed by atoms with E-state index in [1.807, 2.05) is 48.5 Å². The van der Waals surface area contributed by atoms with E-state index in [1.165, 1.54) is 0 Å². The van der Waals surface area contributed by atoms with Gasteiger partial charge >= 0.3 is 0 Å². The van der Waals surface area contributed by atoms with E-state index in [4.69, 9.17) is 22.1 Å². The van der Waals surface area contributed by atoms with Gasteiger partial charge in [0, 0.05) is 35.8 Å². The van der Waals surface area contributed by atoms with Crippen LogP contribution in [0.25, 0.3) is 0 Å². The first kappa shape index (κ1) is 18.6. The van der Waals surface area contributed by atoms with Crippen LogP contribution in [-0.4, -0.2) is 30.6 Å². The first-order chi connectivity index (χ1) is 12.7. The zero-order valence-electron chi connectivity index (χ0n) is 15.0. The van der Waals surface area contributed by atoms with Gasteiger partial charge in [-0.15, -0.1) is 0 Å². The molecule has 0 unspecified atom stereocenters. The van der Waals surface area contributed by atoms with Crippen LogP contribution >= 0.6 is 11.6 Å². The molecule has 0 aliphatic carbocycles. The molecule has 1 aliphatic heterocycles. The average molecular weight is 369 g/mol. The van der Waals surface area contributed by atoms with Crippen LogP contribution in [0.4, 0.5) is 5.69 Å². The van der Waals surface area contributed by atoms with Crippen molar-refractivity contribution in [1.82, 2.24) is 4.90 Å². The highest BCUT2D eigenvalue weighted by Gasteiger charge is 2.19. The lowest BCUT2D eigenvalue weighted by Gasteiger charge is -2.32. The molecule has 1 fully saturated rings. The second-order valence-corrected chi connectivity index (χ2v) is 7.08. The second kappa shape index (κ2) is 9.52. The fourth-order valence-corrected chi connectivity index (χ4v) is 3.25. The molecule has 0 bridgehead atoms. The standard InChI is InChI=1S/C22H25ClN2O/c23-19-8-10-21(11-9-19)26-22-12-15-25(16-13-22)14-3-1-2-5-18-6-4-7-20(24)17-18/h4,6-11,17,22H,1,3,12-16,24H2. The Hall–Kier alpha value is -2.15. The van der Waals surface area contributed by atoms with Gasteiger partial charge in [0.05, 0.1) is 0 Å². The van der Waals surface area contributed by atoms with Gasteiger partial charge in [0.15, 0.2) is 0 Å². The van der Waals surface area contributed by atoms with Gasteiger partial charge in [0.25, 0.3) is 0 Å². The summed E-state index contributed by atoms with van der Waals surface area (Å²) in [6.45, 7) is 3.26. The van der Waals surface area contributed by atoms with Gasteiger partial charge in [-0.1, -0.05) is 29.5 Å². The molecule has 2 aromatic rings. The number of hydrogen-bond acceptors (Lipinski definition) is 3. The number of unbranched alkanes of at least 4 members (excludes halogenated alkanes) is 1. The summed E-state index contributed by atoms with van der Waals surface area (Å²) in [4.78, 5) is 2.50. The summed E-state index contributed by atoms with van der Waals surface area (Å²) in [5, 5.41) is 0.742. The molecular formula is C22H25ClN2O. The minimum Gasteiger partial charge on any atom is -0.490 e. The summed E-state index contributed by atoms with van der Waals surface area (Å²) in [5.74, 6) is 7.34. The lowest BCUT2D eigenvalue weighted by atomic mass is 10.1. The fraction of sp³-hybridized carbons (Fsp3) is 0.364. The van der Waals surface area contributed by atoms with E-state index in [2.05, 4.69) is 16.7 Å². The third-order valence-corrected chi connectivity index (χ3v) is 4.80. The minimum atomic E-state index is 0.302. The first-order valence-electron chi connectivity index (χ1n) is 9.18. The van der Waals surface area contributed by atoms with Gasteiger partial charge in [-0.3, -0.25) is 0 Å². The molecular weight excluding hydrogens is 344 g/mol. The smallest absolute Gasteiger partial charge is 0.119 e. The lowest BCUT2D eigenvalue weighted by molar-refractivity contribution is 0.100. The number of rotatable bonds is 5. The van der Waals surface area contributed by atoms with Crippen LogP contribution in [0.3, 0.4) is 0 Å². The van der Waals surface area contributed by atoms with Crippen molar-refractivity contribution in [2.75, 3.05) is 25.4 Å². The summed E-state index contributed by atoms with van der Waals surface area (Å²) in [6.07, 6.45) is 4.44. The maximum atomic E-state index is 6.04. The van der Waals surface area contributed by atoms with Crippen molar-refractivity contribution in [2.45, 2.75) is 31.8 Å². The zero-order chi connectivity index (χ0) is 18.2. The predicted molar refractivity (Wildman–Crippen MR) is 109 cm³/mol. The highest BCUT2D eigenvalue weighted by Crippen LogP contribution is 2.21. The number of halogens is 1. The van der Waals surface area contributed by atoms with E-state index >= 15 is 0 Å².